The summed E-state index contributed by atoms with van der Waals surface area (Å²) in [6.07, 6.45) is 1.29. The van der Waals surface area contributed by atoms with E-state index in [9.17, 15) is 13.2 Å². The Balaban J connectivity index is 1.56. The molecule has 4 rings (SSSR count). The maximum Gasteiger partial charge on any atom is 0.273 e. The molecular formula is C19H21N3O3S3. The first-order valence-corrected chi connectivity index (χ1v) is 12.2. The van der Waals surface area contributed by atoms with E-state index in [1.807, 2.05) is 18.2 Å². The number of carbonyl (C=O) groups is 1. The van der Waals surface area contributed by atoms with Crippen LogP contribution >= 0.6 is 23.1 Å². The number of ketones is 1. The van der Waals surface area contributed by atoms with E-state index in [2.05, 4.69) is 10.3 Å². The van der Waals surface area contributed by atoms with Crippen LogP contribution in [0.4, 0.5) is 11.4 Å². The van der Waals surface area contributed by atoms with Crippen molar-refractivity contribution < 1.29 is 13.2 Å². The zero-order valence-corrected chi connectivity index (χ0v) is 18.0. The summed E-state index contributed by atoms with van der Waals surface area (Å²) in [7, 11) is -2.00. The van der Waals surface area contributed by atoms with Crippen LogP contribution in [0.25, 0.3) is 0 Å². The topological polar surface area (TPSA) is 78.8 Å². The number of hydrogen-bond acceptors (Lipinski definition) is 7. The molecule has 1 aromatic carbocycles. The molecule has 2 atom stereocenters. The van der Waals surface area contributed by atoms with Gasteiger partial charge in [-0.25, -0.2) is 8.42 Å². The third-order valence-electron chi connectivity index (χ3n) is 4.87. The summed E-state index contributed by atoms with van der Waals surface area (Å²) in [6.45, 7) is 2.27. The predicted molar refractivity (Wildman–Crippen MR) is 116 cm³/mol. The SMILES string of the molecule is CC(=O)CC1CN=C(C2Cc3cccc(N(C)S(=O)(=O)c4cccs4)c3N2)S1. The highest BCUT2D eigenvalue weighted by Gasteiger charge is 2.34. The van der Waals surface area contributed by atoms with Crippen LogP contribution in [-0.4, -0.2) is 44.1 Å². The number of sulfonamides is 1. The third kappa shape index (κ3) is 3.58. The minimum absolute atomic E-state index is 0.0240. The zero-order valence-electron chi connectivity index (χ0n) is 15.6. The minimum Gasteiger partial charge on any atom is -0.374 e. The van der Waals surface area contributed by atoms with Crippen LogP contribution in [0.15, 0.2) is 44.9 Å². The van der Waals surface area contributed by atoms with Crippen molar-refractivity contribution in [2.24, 2.45) is 4.99 Å². The number of aliphatic imine (C=N–C) groups is 1. The third-order valence-corrected chi connectivity index (χ3v) is 9.32. The van der Waals surface area contributed by atoms with Crippen molar-refractivity contribution in [2.75, 3.05) is 23.2 Å². The van der Waals surface area contributed by atoms with Gasteiger partial charge in [0, 0.05) is 25.1 Å². The van der Waals surface area contributed by atoms with Gasteiger partial charge in [-0.15, -0.1) is 23.1 Å². The number of Topliss-reactive ketones (excluding diaryl/α,β-unsaturated/α-hetero) is 1. The molecule has 0 fully saturated rings. The lowest BCUT2D eigenvalue weighted by Crippen LogP contribution is -2.28. The molecular weight excluding hydrogens is 414 g/mol. The van der Waals surface area contributed by atoms with Crippen LogP contribution in [0.3, 0.4) is 0 Å². The Morgan fingerprint density at radius 3 is 2.86 bits per heavy atom. The number of thioether (sulfide) groups is 1. The smallest absolute Gasteiger partial charge is 0.273 e. The molecule has 1 aromatic heterocycles. The van der Waals surface area contributed by atoms with E-state index < -0.39 is 10.0 Å². The molecule has 0 amide bonds. The molecule has 2 aliphatic rings. The lowest BCUT2D eigenvalue weighted by Gasteiger charge is -2.22. The second-order valence-electron chi connectivity index (χ2n) is 6.94. The standard InChI is InChI=1S/C19H21N3O3S3/c1-12(23)9-14-11-20-19(27-14)15-10-13-5-3-6-16(18(13)21-15)22(2)28(24,25)17-7-4-8-26-17/h3-8,14-15,21H,9-11H2,1-2H3. The average Bonchev–Trinajstić information content (AvgIpc) is 3.39. The van der Waals surface area contributed by atoms with Crippen LogP contribution in [0.5, 0.6) is 0 Å². The molecule has 0 aliphatic carbocycles. The van der Waals surface area contributed by atoms with Crippen LogP contribution in [0.1, 0.15) is 18.9 Å². The van der Waals surface area contributed by atoms with Crippen LogP contribution in [0.2, 0.25) is 0 Å². The Kier molecular flexibility index (Phi) is 5.24. The highest BCUT2D eigenvalue weighted by molar-refractivity contribution is 8.15. The summed E-state index contributed by atoms with van der Waals surface area (Å²) in [4.78, 5) is 16.0. The fraction of sp³-hybridized carbons (Fsp3) is 0.368. The quantitative estimate of drug-likeness (QED) is 0.752. The van der Waals surface area contributed by atoms with E-state index in [-0.39, 0.29) is 17.1 Å². The number of hydrogen-bond donors (Lipinski definition) is 1. The highest BCUT2D eigenvalue weighted by atomic mass is 32.2. The van der Waals surface area contributed by atoms with Crippen LogP contribution in [0, 0.1) is 0 Å². The summed E-state index contributed by atoms with van der Waals surface area (Å²) in [5, 5.41) is 6.44. The summed E-state index contributed by atoms with van der Waals surface area (Å²) < 4.78 is 27.5. The number of carbonyl (C=O) groups excluding carboxylic acids is 1. The lowest BCUT2D eigenvalue weighted by molar-refractivity contribution is -0.116. The number of rotatable bonds is 6. The van der Waals surface area contributed by atoms with Gasteiger partial charge in [-0.2, -0.15) is 0 Å². The predicted octanol–water partition coefficient (Wildman–Crippen LogP) is 3.40. The lowest BCUT2D eigenvalue weighted by atomic mass is 10.1. The van der Waals surface area contributed by atoms with Gasteiger partial charge in [0.15, 0.2) is 0 Å². The molecule has 148 valence electrons. The molecule has 0 radical (unpaired) electrons. The molecule has 3 heterocycles. The van der Waals surface area contributed by atoms with Gasteiger partial charge in [0.05, 0.1) is 29.0 Å². The van der Waals surface area contributed by atoms with E-state index in [0.717, 1.165) is 22.7 Å². The van der Waals surface area contributed by atoms with E-state index in [1.165, 1.54) is 15.6 Å². The Hall–Kier alpha value is -1.84. The van der Waals surface area contributed by atoms with E-state index in [0.29, 0.717) is 22.9 Å². The van der Waals surface area contributed by atoms with Crippen molar-refractivity contribution in [1.29, 1.82) is 0 Å². The molecule has 9 heteroatoms. The van der Waals surface area contributed by atoms with Gasteiger partial charge in [-0.3, -0.25) is 14.1 Å². The second-order valence-corrected chi connectivity index (χ2v) is 11.4. The molecule has 6 nitrogen and oxygen atoms in total. The number of anilines is 2. The normalized spacial score (nSPS) is 21.1. The Bertz CT molecular complexity index is 1030. The summed E-state index contributed by atoms with van der Waals surface area (Å²) in [5.41, 5.74) is 2.56. The molecule has 2 aromatic rings. The van der Waals surface area contributed by atoms with Crippen molar-refractivity contribution >= 4 is 55.3 Å². The van der Waals surface area contributed by atoms with E-state index in [4.69, 9.17) is 0 Å². The molecule has 2 aliphatic heterocycles. The van der Waals surface area contributed by atoms with Crippen molar-refractivity contribution in [3.8, 4) is 0 Å². The number of nitrogens with zero attached hydrogens (tertiary/aromatic N) is 2. The molecule has 0 spiro atoms. The summed E-state index contributed by atoms with van der Waals surface area (Å²) >= 11 is 2.87. The first kappa shape index (κ1) is 19.5. The van der Waals surface area contributed by atoms with Gasteiger partial charge in [-0.1, -0.05) is 18.2 Å². The van der Waals surface area contributed by atoms with Gasteiger partial charge in [0.1, 0.15) is 9.99 Å². The molecule has 2 unspecified atom stereocenters. The van der Waals surface area contributed by atoms with Gasteiger partial charge in [0.25, 0.3) is 10.0 Å². The maximum atomic E-state index is 12.9. The molecule has 1 N–H and O–H groups in total. The molecule has 0 bridgehead atoms. The average molecular weight is 436 g/mol. The van der Waals surface area contributed by atoms with Gasteiger partial charge in [0.2, 0.25) is 0 Å². The van der Waals surface area contributed by atoms with Crippen LogP contribution in [-0.2, 0) is 21.2 Å². The van der Waals surface area contributed by atoms with Crippen molar-refractivity contribution in [3.05, 3.63) is 41.3 Å². The van der Waals surface area contributed by atoms with Gasteiger partial charge >= 0.3 is 0 Å². The largest absolute Gasteiger partial charge is 0.374 e. The first-order chi connectivity index (χ1) is 13.4. The Labute approximate surface area is 173 Å². The van der Waals surface area contributed by atoms with Gasteiger partial charge < -0.3 is 5.32 Å². The van der Waals surface area contributed by atoms with E-state index >= 15 is 0 Å². The Morgan fingerprint density at radius 1 is 1.32 bits per heavy atom. The van der Waals surface area contributed by atoms with Gasteiger partial charge in [-0.05, 0) is 30.0 Å². The Morgan fingerprint density at radius 2 is 2.14 bits per heavy atom. The summed E-state index contributed by atoms with van der Waals surface area (Å²) in [6, 6.07) is 9.11. The number of nitrogens with one attached hydrogen (secondary N) is 1. The highest BCUT2D eigenvalue weighted by Crippen LogP contribution is 2.40. The second kappa shape index (κ2) is 7.53. The fourth-order valence-electron chi connectivity index (χ4n) is 3.51. The number of thiophene rings is 1. The molecule has 28 heavy (non-hydrogen) atoms. The van der Waals surface area contributed by atoms with Crippen molar-refractivity contribution in [1.82, 2.24) is 0 Å². The van der Waals surface area contributed by atoms with E-state index in [1.54, 1.807) is 43.2 Å². The fourth-order valence-corrected chi connectivity index (χ4v) is 7.14. The maximum absolute atomic E-state index is 12.9. The van der Waals surface area contributed by atoms with Crippen LogP contribution < -0.4 is 9.62 Å². The first-order valence-electron chi connectivity index (χ1n) is 8.97. The molecule has 0 saturated carbocycles. The number of fused-ring (bicyclic) bond motifs is 1. The number of benzene rings is 1. The number of para-hydroxylation sites is 1. The summed E-state index contributed by atoms with van der Waals surface area (Å²) in [5.74, 6) is 0.180. The monoisotopic (exact) mass is 435 g/mol. The minimum atomic E-state index is -3.59. The zero-order chi connectivity index (χ0) is 19.9. The van der Waals surface area contributed by atoms with Crippen molar-refractivity contribution in [3.63, 3.8) is 0 Å². The van der Waals surface area contributed by atoms with Crippen molar-refractivity contribution in [2.45, 2.75) is 35.3 Å². The molecule has 0 saturated heterocycles.